The Morgan fingerprint density at radius 2 is 2.18 bits per heavy atom. The van der Waals surface area contributed by atoms with Crippen molar-refractivity contribution in [3.05, 3.63) is 29.8 Å². The largest absolute Gasteiger partial charge is 0.488 e. The molecule has 17 heavy (non-hydrogen) atoms. The predicted octanol–water partition coefficient (Wildman–Crippen LogP) is 2.01. The highest BCUT2D eigenvalue weighted by atomic mass is 16.5. The first kappa shape index (κ1) is 11.1. The van der Waals surface area contributed by atoms with Crippen molar-refractivity contribution < 1.29 is 4.74 Å². The minimum atomic E-state index is 0.205. The molecule has 1 aliphatic carbocycles. The highest BCUT2D eigenvalue weighted by Crippen LogP contribution is 2.35. The van der Waals surface area contributed by atoms with Gasteiger partial charge in [0.2, 0.25) is 0 Å². The lowest BCUT2D eigenvalue weighted by Crippen LogP contribution is -2.46. The van der Waals surface area contributed by atoms with Crippen molar-refractivity contribution in [2.75, 3.05) is 0 Å². The van der Waals surface area contributed by atoms with E-state index in [9.17, 15) is 0 Å². The number of fused-ring (bicyclic) bond motifs is 1. The number of nitrogens with two attached hydrogens (primary N) is 1. The lowest BCUT2D eigenvalue weighted by molar-refractivity contribution is 0.169. The Balaban J connectivity index is 1.60. The van der Waals surface area contributed by atoms with Crippen molar-refractivity contribution in [3.8, 4) is 5.75 Å². The first-order chi connectivity index (χ1) is 8.36. The molecule has 3 N–H and O–H groups in total. The molecule has 3 heteroatoms. The molecule has 3 rings (SSSR count). The van der Waals surface area contributed by atoms with Gasteiger partial charge in [-0.25, -0.2) is 0 Å². The van der Waals surface area contributed by atoms with Crippen molar-refractivity contribution in [2.45, 2.75) is 44.2 Å². The molecule has 1 aromatic carbocycles. The Morgan fingerprint density at radius 3 is 2.88 bits per heavy atom. The highest BCUT2D eigenvalue weighted by molar-refractivity contribution is 5.37. The van der Waals surface area contributed by atoms with Crippen LogP contribution in [0.1, 0.15) is 31.2 Å². The van der Waals surface area contributed by atoms with E-state index in [-0.39, 0.29) is 12.1 Å². The number of hydrazine groups is 1. The molecule has 0 saturated heterocycles. The van der Waals surface area contributed by atoms with Gasteiger partial charge >= 0.3 is 0 Å². The number of hydrogen-bond donors (Lipinski definition) is 2. The van der Waals surface area contributed by atoms with Crippen LogP contribution in [0.15, 0.2) is 24.3 Å². The summed E-state index contributed by atoms with van der Waals surface area (Å²) < 4.78 is 5.97. The maximum absolute atomic E-state index is 5.97. The molecule has 2 aliphatic rings. The molecule has 1 fully saturated rings. The zero-order chi connectivity index (χ0) is 11.7. The fourth-order valence-corrected chi connectivity index (χ4v) is 2.63. The third-order valence-corrected chi connectivity index (χ3v) is 3.92. The average Bonchev–Trinajstić information content (AvgIpc) is 3.08. The van der Waals surface area contributed by atoms with Gasteiger partial charge in [-0.2, -0.15) is 0 Å². The zero-order valence-electron chi connectivity index (χ0n) is 10.1. The summed E-state index contributed by atoms with van der Waals surface area (Å²) in [6.07, 6.45) is 6.41. The van der Waals surface area contributed by atoms with Crippen LogP contribution < -0.4 is 16.0 Å². The number of hydrogen-bond acceptors (Lipinski definition) is 3. The monoisotopic (exact) mass is 232 g/mol. The molecular weight excluding hydrogens is 212 g/mol. The van der Waals surface area contributed by atoms with Crippen molar-refractivity contribution >= 4 is 0 Å². The third-order valence-electron chi connectivity index (χ3n) is 3.92. The maximum Gasteiger partial charge on any atom is 0.123 e. The molecule has 0 bridgehead atoms. The van der Waals surface area contributed by atoms with Crippen molar-refractivity contribution in [1.82, 2.24) is 5.43 Å². The van der Waals surface area contributed by atoms with E-state index >= 15 is 0 Å². The second-order valence-corrected chi connectivity index (χ2v) is 5.26. The normalized spacial score (nSPS) is 24.2. The summed E-state index contributed by atoms with van der Waals surface area (Å²) in [6.45, 7) is 0. The first-order valence-electron chi connectivity index (χ1n) is 6.57. The van der Waals surface area contributed by atoms with Gasteiger partial charge < -0.3 is 4.74 Å². The summed E-state index contributed by atoms with van der Waals surface area (Å²) in [5.41, 5.74) is 4.25. The molecule has 1 aliphatic heterocycles. The standard InChI is InChI=1S/C14H20N2O/c15-16-12(8-7-10-5-6-10)14-9-11-3-1-2-4-13(11)17-14/h1-4,10,12,14,16H,5-9,15H2. The summed E-state index contributed by atoms with van der Waals surface area (Å²) in [4.78, 5) is 0. The molecule has 2 unspecified atom stereocenters. The Hall–Kier alpha value is -1.06. The summed E-state index contributed by atoms with van der Waals surface area (Å²) >= 11 is 0. The minimum absolute atomic E-state index is 0.205. The van der Waals surface area contributed by atoms with Gasteiger partial charge in [-0.15, -0.1) is 0 Å². The topological polar surface area (TPSA) is 47.3 Å². The van der Waals surface area contributed by atoms with E-state index in [1.807, 2.05) is 12.1 Å². The van der Waals surface area contributed by atoms with Crippen molar-refractivity contribution in [2.24, 2.45) is 11.8 Å². The molecule has 1 heterocycles. The van der Waals surface area contributed by atoms with Gasteiger partial charge in [-0.3, -0.25) is 11.3 Å². The van der Waals surface area contributed by atoms with Crippen LogP contribution in [0.25, 0.3) is 0 Å². The van der Waals surface area contributed by atoms with Crippen LogP contribution in [-0.4, -0.2) is 12.1 Å². The SMILES string of the molecule is NNC(CCC1CC1)C1Cc2ccccc2O1. The van der Waals surface area contributed by atoms with Crippen molar-refractivity contribution in [1.29, 1.82) is 0 Å². The van der Waals surface area contributed by atoms with E-state index < -0.39 is 0 Å². The molecule has 0 radical (unpaired) electrons. The summed E-state index contributed by atoms with van der Waals surface area (Å²) in [5.74, 6) is 7.65. The molecular formula is C14H20N2O. The molecule has 0 amide bonds. The van der Waals surface area contributed by atoms with Crippen LogP contribution in [0, 0.1) is 5.92 Å². The molecule has 0 aromatic heterocycles. The van der Waals surface area contributed by atoms with Crippen LogP contribution >= 0.6 is 0 Å². The minimum Gasteiger partial charge on any atom is -0.488 e. The second-order valence-electron chi connectivity index (χ2n) is 5.26. The molecule has 1 saturated carbocycles. The quantitative estimate of drug-likeness (QED) is 0.603. The van der Waals surface area contributed by atoms with E-state index in [0.717, 1.165) is 24.5 Å². The number of para-hydroxylation sites is 1. The van der Waals surface area contributed by atoms with Crippen molar-refractivity contribution in [3.63, 3.8) is 0 Å². The van der Waals surface area contributed by atoms with Gasteiger partial charge in [0, 0.05) is 6.42 Å². The van der Waals surface area contributed by atoms with Crippen LogP contribution in [0.3, 0.4) is 0 Å². The fourth-order valence-electron chi connectivity index (χ4n) is 2.63. The van der Waals surface area contributed by atoms with Gasteiger partial charge in [0.25, 0.3) is 0 Å². The molecule has 2 atom stereocenters. The van der Waals surface area contributed by atoms with E-state index in [2.05, 4.69) is 17.6 Å². The first-order valence-corrected chi connectivity index (χ1v) is 6.57. The average molecular weight is 232 g/mol. The van der Waals surface area contributed by atoms with E-state index in [1.54, 1.807) is 0 Å². The molecule has 92 valence electrons. The highest BCUT2D eigenvalue weighted by Gasteiger charge is 2.31. The van der Waals surface area contributed by atoms with E-state index in [4.69, 9.17) is 10.6 Å². The smallest absolute Gasteiger partial charge is 0.123 e. The van der Waals surface area contributed by atoms with Crippen LogP contribution in [0.4, 0.5) is 0 Å². The molecule has 1 aromatic rings. The number of rotatable bonds is 5. The Morgan fingerprint density at radius 1 is 1.35 bits per heavy atom. The van der Waals surface area contributed by atoms with E-state index in [0.29, 0.717) is 0 Å². The van der Waals surface area contributed by atoms with Crippen LogP contribution in [0.5, 0.6) is 5.75 Å². The van der Waals surface area contributed by atoms with Gasteiger partial charge in [0.05, 0.1) is 6.04 Å². The van der Waals surface area contributed by atoms with Gasteiger partial charge in [-0.1, -0.05) is 31.0 Å². The lowest BCUT2D eigenvalue weighted by atomic mass is 10.00. The number of ether oxygens (including phenoxy) is 1. The summed E-state index contributed by atoms with van der Waals surface area (Å²) in [5, 5.41) is 0. The number of nitrogens with one attached hydrogen (secondary N) is 1. The predicted molar refractivity (Wildman–Crippen MR) is 67.6 cm³/mol. The van der Waals surface area contributed by atoms with Gasteiger partial charge in [0.15, 0.2) is 0 Å². The third kappa shape index (κ3) is 2.45. The second kappa shape index (κ2) is 4.67. The zero-order valence-corrected chi connectivity index (χ0v) is 10.1. The molecule has 0 spiro atoms. The van der Waals surface area contributed by atoms with Crippen LogP contribution in [-0.2, 0) is 6.42 Å². The fraction of sp³-hybridized carbons (Fsp3) is 0.571. The Kier molecular flexibility index (Phi) is 3.04. The van der Waals surface area contributed by atoms with Crippen LogP contribution in [0.2, 0.25) is 0 Å². The Labute approximate surface area is 102 Å². The molecule has 3 nitrogen and oxygen atoms in total. The lowest BCUT2D eigenvalue weighted by Gasteiger charge is -2.22. The Bertz CT molecular complexity index is 365. The summed E-state index contributed by atoms with van der Waals surface area (Å²) in [7, 11) is 0. The summed E-state index contributed by atoms with van der Waals surface area (Å²) in [6, 6.07) is 8.56. The number of benzene rings is 1. The maximum atomic E-state index is 5.97. The van der Waals surface area contributed by atoms with Gasteiger partial charge in [0.1, 0.15) is 11.9 Å². The van der Waals surface area contributed by atoms with E-state index in [1.165, 1.54) is 24.8 Å². The van der Waals surface area contributed by atoms with Gasteiger partial charge in [-0.05, 0) is 30.4 Å².